The number of aliphatic hydroxyl groups is 1. The van der Waals surface area contributed by atoms with Crippen LogP contribution in [-0.2, 0) is 17.2 Å². The van der Waals surface area contributed by atoms with Gasteiger partial charge in [0.1, 0.15) is 11.6 Å². The molecule has 1 fully saturated rings. The van der Waals surface area contributed by atoms with Crippen LogP contribution in [0.15, 0.2) is 78.9 Å². The monoisotopic (exact) mass is 546 g/mol. The van der Waals surface area contributed by atoms with E-state index in [0.29, 0.717) is 31.3 Å². The van der Waals surface area contributed by atoms with Crippen LogP contribution >= 0.6 is 0 Å². The Balaban J connectivity index is 0.00000253. The number of benzene rings is 3. The topological polar surface area (TPSA) is 84.1 Å². The van der Waals surface area contributed by atoms with E-state index in [4.69, 9.17) is 0 Å². The summed E-state index contributed by atoms with van der Waals surface area (Å²) in [6.45, 7) is 3.11. The lowest BCUT2D eigenvalue weighted by Gasteiger charge is -2.33. The van der Waals surface area contributed by atoms with E-state index in [2.05, 4.69) is 10.2 Å². The quantitative estimate of drug-likeness (QED) is 0.376. The van der Waals surface area contributed by atoms with Crippen molar-refractivity contribution in [1.82, 2.24) is 10.2 Å². The molecule has 0 radical (unpaired) electrons. The molecule has 1 aliphatic rings. The molecule has 0 spiro atoms. The minimum atomic E-state index is -1.26. The first-order chi connectivity index (χ1) is 17.5. The van der Waals surface area contributed by atoms with Crippen LogP contribution in [0.25, 0.3) is 0 Å². The number of likely N-dealkylation sites (tertiary alicyclic amines) is 1. The van der Waals surface area contributed by atoms with Crippen LogP contribution < -0.4 is 5.32 Å². The minimum absolute atomic E-state index is 0. The van der Waals surface area contributed by atoms with E-state index >= 15 is 0 Å². The molecule has 2 atom stereocenters. The fourth-order valence-electron chi connectivity index (χ4n) is 4.82. The molecule has 0 aliphatic carbocycles. The smallest absolute Gasteiger partial charge is 0.123 e. The molecule has 38 heavy (non-hydrogen) atoms. The van der Waals surface area contributed by atoms with Gasteiger partial charge in [0.15, 0.2) is 0 Å². The molecule has 3 aromatic rings. The average Bonchev–Trinajstić information content (AvgIpc) is 2.88. The summed E-state index contributed by atoms with van der Waals surface area (Å²) in [5, 5.41) is 13.6. The molecule has 208 valence electrons. The van der Waals surface area contributed by atoms with Crippen LogP contribution in [0.5, 0.6) is 0 Å². The lowest BCUT2D eigenvalue weighted by Crippen LogP contribution is -2.45. The number of piperidine rings is 1. The lowest BCUT2D eigenvalue weighted by molar-refractivity contribution is 0.0944. The number of aliphatic hydroxyl groups excluding tert-OH is 1. The van der Waals surface area contributed by atoms with Crippen molar-refractivity contribution in [3.8, 4) is 0 Å². The maximum absolute atomic E-state index is 13.5. The molecule has 1 saturated heterocycles. The Kier molecular flexibility index (Phi) is 13.2. The zero-order chi connectivity index (χ0) is 25.3. The molecule has 4 N–H and O–H groups in total. The van der Waals surface area contributed by atoms with Gasteiger partial charge in [0.25, 0.3) is 0 Å². The maximum Gasteiger partial charge on any atom is 0.123 e. The zero-order valence-electron chi connectivity index (χ0n) is 20.9. The third-order valence-corrected chi connectivity index (χ3v) is 8.39. The Morgan fingerprint density at radius 2 is 1.42 bits per heavy atom. The molecular weight excluding hydrogens is 506 g/mol. The average molecular weight is 547 g/mol. The molecule has 3 aromatic carbocycles. The second kappa shape index (κ2) is 15.8. The van der Waals surface area contributed by atoms with Crippen LogP contribution in [0.2, 0.25) is 0 Å². The van der Waals surface area contributed by atoms with Crippen LogP contribution in [0.3, 0.4) is 0 Å². The van der Waals surface area contributed by atoms with Crippen molar-refractivity contribution in [2.45, 2.75) is 44.1 Å². The Hall–Kier alpha value is -2.49. The van der Waals surface area contributed by atoms with Crippen LogP contribution in [0, 0.1) is 11.6 Å². The molecule has 5 nitrogen and oxygen atoms in total. The van der Waals surface area contributed by atoms with Crippen molar-refractivity contribution in [2.75, 3.05) is 31.9 Å². The molecular formula is C30H40F2N2O3S. The highest BCUT2D eigenvalue weighted by molar-refractivity contribution is 7.85. The number of halogens is 2. The summed E-state index contributed by atoms with van der Waals surface area (Å²) in [6, 6.07) is 22.5. The highest BCUT2D eigenvalue weighted by atomic mass is 32.2. The third kappa shape index (κ3) is 9.36. The SMILES string of the molecule is C.O.O=S(CCNC1CCN(CC(O)Cc2ccccc2)CC1)C(c1ccc(F)cc1)c1ccc(F)cc1. The molecule has 0 saturated carbocycles. The van der Waals surface area contributed by atoms with Crippen molar-refractivity contribution >= 4 is 10.8 Å². The van der Waals surface area contributed by atoms with Gasteiger partial charge in [0, 0.05) is 35.7 Å². The molecule has 0 aromatic heterocycles. The van der Waals surface area contributed by atoms with E-state index in [1.54, 1.807) is 24.3 Å². The summed E-state index contributed by atoms with van der Waals surface area (Å²) in [4.78, 5) is 2.31. The lowest BCUT2D eigenvalue weighted by atomic mass is 10.0. The number of nitrogens with zero attached hydrogens (tertiary/aromatic N) is 1. The molecule has 1 heterocycles. The van der Waals surface area contributed by atoms with Crippen LogP contribution in [0.4, 0.5) is 8.78 Å². The van der Waals surface area contributed by atoms with E-state index in [1.165, 1.54) is 24.3 Å². The highest BCUT2D eigenvalue weighted by Gasteiger charge is 2.24. The summed E-state index contributed by atoms with van der Waals surface area (Å²) in [7, 11) is -1.26. The normalized spacial score (nSPS) is 15.9. The highest BCUT2D eigenvalue weighted by Crippen LogP contribution is 2.29. The van der Waals surface area contributed by atoms with E-state index in [9.17, 15) is 18.1 Å². The van der Waals surface area contributed by atoms with Crippen LogP contribution in [0.1, 0.15) is 42.2 Å². The minimum Gasteiger partial charge on any atom is -0.412 e. The van der Waals surface area contributed by atoms with Crippen molar-refractivity contribution in [3.05, 3.63) is 107 Å². The Labute approximate surface area is 227 Å². The summed E-state index contributed by atoms with van der Waals surface area (Å²) in [6.07, 6.45) is 2.23. The predicted octanol–water partition coefficient (Wildman–Crippen LogP) is 4.27. The van der Waals surface area contributed by atoms with E-state index in [-0.39, 0.29) is 30.6 Å². The van der Waals surface area contributed by atoms with Gasteiger partial charge < -0.3 is 20.8 Å². The molecule has 4 rings (SSSR count). The Morgan fingerprint density at radius 1 is 0.895 bits per heavy atom. The van der Waals surface area contributed by atoms with Gasteiger partial charge in [-0.3, -0.25) is 4.21 Å². The fourth-order valence-corrected chi connectivity index (χ4v) is 6.30. The van der Waals surface area contributed by atoms with Gasteiger partial charge >= 0.3 is 0 Å². The van der Waals surface area contributed by atoms with E-state index in [0.717, 1.165) is 42.6 Å². The molecule has 0 amide bonds. The number of hydrogen-bond acceptors (Lipinski definition) is 4. The van der Waals surface area contributed by atoms with E-state index < -0.39 is 16.0 Å². The summed E-state index contributed by atoms with van der Waals surface area (Å²) < 4.78 is 40.2. The number of hydrogen-bond donors (Lipinski definition) is 2. The second-order valence-electron chi connectivity index (χ2n) is 9.44. The second-order valence-corrected chi connectivity index (χ2v) is 11.1. The maximum atomic E-state index is 13.5. The standard InChI is InChI=1S/C29H34F2N2O2S.CH4.H2O/c30-25-10-6-23(7-11-25)29(24-8-12-26(31)13-9-24)36(35)19-16-32-27-14-17-33(18-15-27)21-28(34)20-22-4-2-1-3-5-22;;/h1-13,27-29,32,34H,14-21H2;1H4;1H2. The van der Waals surface area contributed by atoms with Gasteiger partial charge in [-0.05, 0) is 73.3 Å². The van der Waals surface area contributed by atoms with Gasteiger partial charge in [0.05, 0.1) is 11.4 Å². The van der Waals surface area contributed by atoms with Crippen molar-refractivity contribution in [2.24, 2.45) is 0 Å². The van der Waals surface area contributed by atoms with Crippen LogP contribution in [-0.4, -0.2) is 63.8 Å². The molecule has 2 unspecified atom stereocenters. The molecule has 1 aliphatic heterocycles. The largest absolute Gasteiger partial charge is 0.412 e. The first-order valence-electron chi connectivity index (χ1n) is 12.5. The number of nitrogens with one attached hydrogen (secondary N) is 1. The molecule has 8 heteroatoms. The first kappa shape index (κ1) is 31.7. The zero-order valence-corrected chi connectivity index (χ0v) is 21.7. The van der Waals surface area contributed by atoms with Gasteiger partial charge in [0.2, 0.25) is 0 Å². The number of rotatable bonds is 11. The predicted molar refractivity (Wildman–Crippen MR) is 152 cm³/mol. The van der Waals surface area contributed by atoms with Crippen molar-refractivity contribution < 1.29 is 23.6 Å². The summed E-state index contributed by atoms with van der Waals surface area (Å²) in [5.41, 5.74) is 2.65. The van der Waals surface area contributed by atoms with Crippen molar-refractivity contribution in [3.63, 3.8) is 0 Å². The van der Waals surface area contributed by atoms with Gasteiger partial charge in [-0.1, -0.05) is 62.0 Å². The van der Waals surface area contributed by atoms with E-state index in [1.807, 2.05) is 30.3 Å². The summed E-state index contributed by atoms with van der Waals surface area (Å²) >= 11 is 0. The first-order valence-corrected chi connectivity index (χ1v) is 13.9. The summed E-state index contributed by atoms with van der Waals surface area (Å²) in [5.74, 6) is -0.249. The van der Waals surface area contributed by atoms with Gasteiger partial charge in [-0.15, -0.1) is 0 Å². The fraction of sp³-hybridized carbons (Fsp3) is 0.400. The Bertz CT molecular complexity index is 1050. The van der Waals surface area contributed by atoms with Gasteiger partial charge in [-0.2, -0.15) is 0 Å². The Morgan fingerprint density at radius 3 is 1.95 bits per heavy atom. The molecule has 0 bridgehead atoms. The van der Waals surface area contributed by atoms with Gasteiger partial charge in [-0.25, -0.2) is 8.78 Å². The van der Waals surface area contributed by atoms with Crippen molar-refractivity contribution in [1.29, 1.82) is 0 Å². The number of β-amino-alcohol motifs (C(OH)–C–C–N with tert-alkyl or cyclic N) is 1. The third-order valence-electron chi connectivity index (χ3n) is 6.72.